The quantitative estimate of drug-likeness (QED) is 0.780. The molecular weight excluding hydrogens is 270 g/mol. The second kappa shape index (κ2) is 6.79. The van der Waals surface area contributed by atoms with Crippen molar-refractivity contribution >= 4 is 18.0 Å². The zero-order valence-electron chi connectivity index (χ0n) is 11.1. The third-order valence-corrected chi connectivity index (χ3v) is 2.36. The first-order chi connectivity index (χ1) is 9.40. The van der Waals surface area contributed by atoms with E-state index in [-0.39, 0.29) is 6.61 Å². The number of hydrogen-bond donors (Lipinski definition) is 0. The van der Waals surface area contributed by atoms with E-state index in [0.29, 0.717) is 17.2 Å². The van der Waals surface area contributed by atoms with Crippen LogP contribution in [0, 0.1) is 0 Å². The highest BCUT2D eigenvalue weighted by Gasteiger charge is 2.37. The van der Waals surface area contributed by atoms with Crippen molar-refractivity contribution in [1.29, 1.82) is 0 Å². The minimum Gasteiger partial charge on any atom is -0.465 e. The molecule has 1 rings (SSSR count). The van der Waals surface area contributed by atoms with Gasteiger partial charge in [0.1, 0.15) is 0 Å². The highest BCUT2D eigenvalue weighted by atomic mass is 19.3. The first-order valence-corrected chi connectivity index (χ1v) is 5.83. The van der Waals surface area contributed by atoms with Crippen LogP contribution in [0.4, 0.5) is 8.78 Å². The number of benzene rings is 1. The predicted octanol–water partition coefficient (Wildman–Crippen LogP) is 2.68. The van der Waals surface area contributed by atoms with Crippen molar-refractivity contribution < 1.29 is 27.8 Å². The first-order valence-electron chi connectivity index (χ1n) is 5.83. The van der Waals surface area contributed by atoms with Crippen molar-refractivity contribution in [3.05, 3.63) is 41.5 Å². The molecule has 1 aromatic carbocycles. The van der Waals surface area contributed by atoms with Crippen molar-refractivity contribution in [3.63, 3.8) is 0 Å². The Labute approximate surface area is 115 Å². The molecule has 6 heteroatoms. The molecule has 0 saturated carbocycles. The molecule has 0 unspecified atom stereocenters. The maximum absolute atomic E-state index is 13.3. The molecule has 0 aliphatic rings. The number of carbonyl (C=O) groups excluding carboxylic acids is 2. The number of esters is 2. The largest absolute Gasteiger partial charge is 0.465 e. The molecule has 0 heterocycles. The monoisotopic (exact) mass is 284 g/mol. The van der Waals surface area contributed by atoms with E-state index in [9.17, 15) is 18.4 Å². The van der Waals surface area contributed by atoms with Gasteiger partial charge in [-0.05, 0) is 30.7 Å². The number of alkyl halides is 2. The Balaban J connectivity index is 2.80. The molecule has 0 aliphatic carbocycles. The van der Waals surface area contributed by atoms with Crippen molar-refractivity contribution in [1.82, 2.24) is 0 Å². The average Bonchev–Trinajstić information content (AvgIpc) is 2.45. The van der Waals surface area contributed by atoms with Gasteiger partial charge in [-0.15, -0.1) is 0 Å². The SMILES string of the molecule is CCOC(=O)C(F)(F)/C=C\c1ccc(C(=O)OC)cc1. The molecule has 0 fully saturated rings. The molecule has 108 valence electrons. The molecule has 4 nitrogen and oxygen atoms in total. The Bertz CT molecular complexity index is 506. The molecule has 0 bridgehead atoms. The summed E-state index contributed by atoms with van der Waals surface area (Å²) in [6, 6.07) is 5.80. The molecule has 0 saturated heterocycles. The Morgan fingerprint density at radius 3 is 2.35 bits per heavy atom. The summed E-state index contributed by atoms with van der Waals surface area (Å²) in [5, 5.41) is 0. The van der Waals surface area contributed by atoms with Crippen LogP contribution < -0.4 is 0 Å². The lowest BCUT2D eigenvalue weighted by Gasteiger charge is -2.09. The number of hydrogen-bond acceptors (Lipinski definition) is 4. The Morgan fingerprint density at radius 1 is 1.25 bits per heavy atom. The van der Waals surface area contributed by atoms with Crippen LogP contribution >= 0.6 is 0 Å². The van der Waals surface area contributed by atoms with E-state index in [1.807, 2.05) is 0 Å². The number of rotatable bonds is 5. The molecule has 0 N–H and O–H groups in total. The average molecular weight is 284 g/mol. The van der Waals surface area contributed by atoms with Gasteiger partial charge in [-0.2, -0.15) is 8.78 Å². The highest BCUT2D eigenvalue weighted by Crippen LogP contribution is 2.19. The number of carbonyl (C=O) groups is 2. The minimum absolute atomic E-state index is 0.115. The number of methoxy groups -OCH3 is 1. The molecule has 0 atom stereocenters. The van der Waals surface area contributed by atoms with Gasteiger partial charge in [0.15, 0.2) is 0 Å². The van der Waals surface area contributed by atoms with E-state index in [2.05, 4.69) is 9.47 Å². The van der Waals surface area contributed by atoms with Crippen molar-refractivity contribution in [2.75, 3.05) is 13.7 Å². The summed E-state index contributed by atoms with van der Waals surface area (Å²) in [5.74, 6) is -5.79. The summed E-state index contributed by atoms with van der Waals surface area (Å²) in [4.78, 5) is 22.2. The standard InChI is InChI=1S/C14H14F2O4/c1-3-20-13(18)14(15,16)9-8-10-4-6-11(7-5-10)12(17)19-2/h4-9H,3H2,1-2H3/b9-8-. The zero-order valence-corrected chi connectivity index (χ0v) is 11.1. The van der Waals surface area contributed by atoms with Crippen LogP contribution in [0.1, 0.15) is 22.8 Å². The fraction of sp³-hybridized carbons (Fsp3) is 0.286. The summed E-state index contributed by atoms with van der Waals surface area (Å²) >= 11 is 0. The highest BCUT2D eigenvalue weighted by molar-refractivity contribution is 5.89. The van der Waals surface area contributed by atoms with Gasteiger partial charge in [-0.25, -0.2) is 9.59 Å². The van der Waals surface area contributed by atoms with Crippen molar-refractivity contribution in [3.8, 4) is 0 Å². The summed E-state index contributed by atoms with van der Waals surface area (Å²) < 4.78 is 35.4. The van der Waals surface area contributed by atoms with E-state index in [4.69, 9.17) is 0 Å². The maximum Gasteiger partial charge on any atom is 0.381 e. The fourth-order valence-electron chi connectivity index (χ4n) is 1.34. The molecule has 0 amide bonds. The molecule has 1 aromatic rings. The molecular formula is C14H14F2O4. The van der Waals surface area contributed by atoms with Gasteiger partial charge in [0.2, 0.25) is 0 Å². The molecule has 0 spiro atoms. The second-order valence-electron chi connectivity index (χ2n) is 3.79. The smallest absolute Gasteiger partial charge is 0.381 e. The van der Waals surface area contributed by atoms with Gasteiger partial charge in [0.05, 0.1) is 19.3 Å². The van der Waals surface area contributed by atoms with Crippen LogP contribution in [-0.2, 0) is 14.3 Å². The lowest BCUT2D eigenvalue weighted by atomic mass is 10.1. The Hall–Kier alpha value is -2.24. The summed E-state index contributed by atoms with van der Waals surface area (Å²) in [5.41, 5.74) is 0.725. The topological polar surface area (TPSA) is 52.6 Å². The molecule has 0 aromatic heterocycles. The van der Waals surface area contributed by atoms with Gasteiger partial charge in [-0.1, -0.05) is 18.2 Å². The Morgan fingerprint density at radius 2 is 1.85 bits per heavy atom. The van der Waals surface area contributed by atoms with E-state index in [1.165, 1.54) is 38.3 Å². The van der Waals surface area contributed by atoms with E-state index in [0.717, 1.165) is 6.08 Å². The first kappa shape index (κ1) is 15.8. The van der Waals surface area contributed by atoms with Gasteiger partial charge in [0, 0.05) is 0 Å². The Kier molecular flexibility index (Phi) is 5.37. The predicted molar refractivity (Wildman–Crippen MR) is 68.4 cm³/mol. The molecule has 0 aliphatic heterocycles. The van der Waals surface area contributed by atoms with Crippen LogP contribution in [0.3, 0.4) is 0 Å². The van der Waals surface area contributed by atoms with Crippen LogP contribution in [-0.4, -0.2) is 31.6 Å². The van der Waals surface area contributed by atoms with E-state index < -0.39 is 17.9 Å². The third kappa shape index (κ3) is 4.15. The fourth-order valence-corrected chi connectivity index (χ4v) is 1.34. The van der Waals surface area contributed by atoms with E-state index in [1.54, 1.807) is 0 Å². The third-order valence-electron chi connectivity index (χ3n) is 2.36. The van der Waals surface area contributed by atoms with Gasteiger partial charge >= 0.3 is 17.9 Å². The zero-order chi connectivity index (χ0) is 15.2. The van der Waals surface area contributed by atoms with Crippen LogP contribution in [0.25, 0.3) is 6.08 Å². The summed E-state index contributed by atoms with van der Waals surface area (Å²) in [6.07, 6.45) is 1.54. The van der Waals surface area contributed by atoms with Gasteiger partial charge < -0.3 is 9.47 Å². The lowest BCUT2D eigenvalue weighted by molar-refractivity contribution is -0.164. The van der Waals surface area contributed by atoms with Crippen molar-refractivity contribution in [2.24, 2.45) is 0 Å². The lowest BCUT2D eigenvalue weighted by Crippen LogP contribution is -2.28. The summed E-state index contributed by atoms with van der Waals surface area (Å²) in [6.45, 7) is 1.33. The second-order valence-corrected chi connectivity index (χ2v) is 3.79. The minimum atomic E-state index is -3.68. The number of ether oxygens (including phenoxy) is 2. The molecule has 0 radical (unpaired) electrons. The van der Waals surface area contributed by atoms with Crippen LogP contribution in [0.15, 0.2) is 30.3 Å². The normalized spacial score (nSPS) is 11.4. The van der Waals surface area contributed by atoms with Gasteiger partial charge in [-0.3, -0.25) is 0 Å². The van der Waals surface area contributed by atoms with Crippen molar-refractivity contribution in [2.45, 2.75) is 12.8 Å². The van der Waals surface area contributed by atoms with Crippen LogP contribution in [0.2, 0.25) is 0 Å². The molecule has 20 heavy (non-hydrogen) atoms. The summed E-state index contributed by atoms with van der Waals surface area (Å²) in [7, 11) is 1.25. The van der Waals surface area contributed by atoms with Crippen LogP contribution in [0.5, 0.6) is 0 Å². The number of halogens is 2. The maximum atomic E-state index is 13.3. The van der Waals surface area contributed by atoms with Gasteiger partial charge in [0.25, 0.3) is 0 Å². The van der Waals surface area contributed by atoms with E-state index >= 15 is 0 Å².